The lowest BCUT2D eigenvalue weighted by atomic mass is 10.0. The molecule has 1 N–H and O–H groups in total. The van der Waals surface area contributed by atoms with E-state index in [1.54, 1.807) is 18.2 Å². The van der Waals surface area contributed by atoms with E-state index < -0.39 is 45.3 Å². The average molecular weight is 550 g/mol. The highest BCUT2D eigenvalue weighted by molar-refractivity contribution is 7.20. The number of halogens is 1. The molecule has 3 aromatic rings. The van der Waals surface area contributed by atoms with Crippen molar-refractivity contribution in [3.05, 3.63) is 70.9 Å². The molecule has 0 fully saturated rings. The molecule has 0 aliphatic rings. The van der Waals surface area contributed by atoms with Crippen LogP contribution in [0, 0.1) is 5.82 Å². The first kappa shape index (κ1) is 28.3. The average Bonchev–Trinajstić information content (AvgIpc) is 3.27. The van der Waals surface area contributed by atoms with Gasteiger partial charge in [-0.1, -0.05) is 30.3 Å². The molecule has 2 atom stereocenters. The van der Waals surface area contributed by atoms with Crippen LogP contribution in [0.15, 0.2) is 54.6 Å². The standard InChI is InChI=1S/C25H25FNO8PS/c1-16(28)32-15-33-25(35-36-31,34-17(2)29)11-10-21(13-18-6-5-8-20(26)12-18)27-24(30)23-14-19-7-3-4-9-22(19)37-23/h3-9,12,14,21H,10-11,13,15H2,1-2H3,(H,27,30). The zero-order chi connectivity index (χ0) is 26.8. The molecule has 3 rings (SSSR count). The molecule has 1 aromatic heterocycles. The summed E-state index contributed by atoms with van der Waals surface area (Å²) in [7, 11) is -0.859. The molecule has 1 amide bonds. The minimum atomic E-state index is -2.16. The zero-order valence-electron chi connectivity index (χ0n) is 20.1. The van der Waals surface area contributed by atoms with E-state index in [1.165, 1.54) is 23.5 Å². The lowest BCUT2D eigenvalue weighted by molar-refractivity contribution is -0.344. The summed E-state index contributed by atoms with van der Waals surface area (Å²) in [6, 6.07) is 14.7. The Labute approximate surface area is 218 Å². The van der Waals surface area contributed by atoms with Gasteiger partial charge in [-0.05, 0) is 48.1 Å². The molecule has 0 aliphatic heterocycles. The molecule has 0 radical (unpaired) electrons. The van der Waals surface area contributed by atoms with Crippen LogP contribution in [0.2, 0.25) is 0 Å². The van der Waals surface area contributed by atoms with Crippen molar-refractivity contribution in [2.45, 2.75) is 45.1 Å². The summed E-state index contributed by atoms with van der Waals surface area (Å²) >= 11 is 1.33. The van der Waals surface area contributed by atoms with Crippen molar-refractivity contribution in [3.63, 3.8) is 0 Å². The second kappa shape index (κ2) is 13.3. The number of hydrogen-bond donors (Lipinski definition) is 1. The van der Waals surface area contributed by atoms with E-state index in [2.05, 4.69) is 5.32 Å². The van der Waals surface area contributed by atoms with Gasteiger partial charge in [0.15, 0.2) is 6.79 Å². The maximum absolute atomic E-state index is 13.8. The molecule has 12 heteroatoms. The minimum absolute atomic E-state index is 0.0933. The summed E-state index contributed by atoms with van der Waals surface area (Å²) in [6.07, 6.45) is 0.120. The second-order valence-electron chi connectivity index (χ2n) is 8.03. The van der Waals surface area contributed by atoms with Crippen LogP contribution in [0.3, 0.4) is 0 Å². The normalized spacial score (nSPS) is 13.6. The number of amides is 1. The lowest BCUT2D eigenvalue weighted by Gasteiger charge is -2.30. The fourth-order valence-corrected chi connectivity index (χ4v) is 4.86. The number of thiophene rings is 1. The summed E-state index contributed by atoms with van der Waals surface area (Å²) in [4.78, 5) is 36.5. The zero-order valence-corrected chi connectivity index (χ0v) is 21.8. The van der Waals surface area contributed by atoms with Gasteiger partial charge < -0.3 is 14.8 Å². The monoisotopic (exact) mass is 549 g/mol. The fraction of sp³-hybridized carbons (Fsp3) is 0.320. The van der Waals surface area contributed by atoms with Crippen LogP contribution < -0.4 is 5.32 Å². The number of esters is 2. The molecule has 1 heterocycles. The first-order valence-electron chi connectivity index (χ1n) is 11.2. The third kappa shape index (κ3) is 8.68. The van der Waals surface area contributed by atoms with Crippen LogP contribution in [0.5, 0.6) is 0 Å². The van der Waals surface area contributed by atoms with Gasteiger partial charge in [0.25, 0.3) is 5.91 Å². The van der Waals surface area contributed by atoms with E-state index in [0.29, 0.717) is 10.4 Å². The molecule has 196 valence electrons. The Balaban J connectivity index is 1.82. The maximum Gasteiger partial charge on any atom is 0.342 e. The summed E-state index contributed by atoms with van der Waals surface area (Å²) in [5.74, 6) is -4.39. The summed E-state index contributed by atoms with van der Waals surface area (Å²) in [6.45, 7) is 1.62. The van der Waals surface area contributed by atoms with Gasteiger partial charge in [-0.15, -0.1) is 11.3 Å². The Morgan fingerprint density at radius 1 is 1.08 bits per heavy atom. The number of fused-ring (bicyclic) bond motifs is 1. The van der Waals surface area contributed by atoms with Crippen LogP contribution in [0.25, 0.3) is 10.1 Å². The molecule has 9 nitrogen and oxygen atoms in total. The SMILES string of the molecule is CC(=O)OCOC(CCC(Cc1cccc(F)c1)NC(=O)c1cc2ccccc2s1)(OP=O)OC(C)=O. The topological polar surface area (TPSA) is 117 Å². The van der Waals surface area contributed by atoms with Gasteiger partial charge in [0.1, 0.15) is 5.82 Å². The number of nitrogens with one attached hydrogen (secondary N) is 1. The van der Waals surface area contributed by atoms with Gasteiger partial charge in [-0.25, -0.2) is 13.5 Å². The van der Waals surface area contributed by atoms with Crippen molar-refractivity contribution in [1.29, 1.82) is 0 Å². The van der Waals surface area contributed by atoms with E-state index in [0.717, 1.165) is 23.9 Å². The molecule has 2 aromatic carbocycles. The highest BCUT2D eigenvalue weighted by Gasteiger charge is 2.39. The van der Waals surface area contributed by atoms with Gasteiger partial charge in [0.2, 0.25) is 0 Å². The molecular formula is C25H25FNO8PS. The van der Waals surface area contributed by atoms with E-state index >= 15 is 0 Å². The highest BCUT2D eigenvalue weighted by atomic mass is 32.1. The van der Waals surface area contributed by atoms with E-state index in [-0.39, 0.29) is 25.2 Å². The number of carbonyl (C=O) groups is 3. The van der Waals surface area contributed by atoms with Crippen LogP contribution >= 0.6 is 20.0 Å². The Kier molecular flexibility index (Phi) is 10.2. The van der Waals surface area contributed by atoms with Gasteiger partial charge >= 0.3 is 26.6 Å². The molecule has 2 unspecified atom stereocenters. The first-order chi connectivity index (χ1) is 17.7. The van der Waals surface area contributed by atoms with Crippen molar-refractivity contribution in [3.8, 4) is 0 Å². The van der Waals surface area contributed by atoms with Crippen molar-refractivity contribution in [1.82, 2.24) is 5.32 Å². The number of benzene rings is 2. The molecule has 37 heavy (non-hydrogen) atoms. The predicted molar refractivity (Wildman–Crippen MR) is 133 cm³/mol. The molecule has 0 saturated carbocycles. The summed E-state index contributed by atoms with van der Waals surface area (Å²) in [5.41, 5.74) is 0.614. The van der Waals surface area contributed by atoms with Gasteiger partial charge in [-0.2, -0.15) is 0 Å². The molecular weight excluding hydrogens is 524 g/mol. The number of rotatable bonds is 13. The van der Waals surface area contributed by atoms with Crippen LogP contribution in [-0.2, 0) is 39.3 Å². The molecule has 0 bridgehead atoms. The smallest absolute Gasteiger partial charge is 0.342 e. The highest BCUT2D eigenvalue weighted by Crippen LogP contribution is 2.29. The Bertz CT molecular complexity index is 1240. The van der Waals surface area contributed by atoms with Gasteiger partial charge in [0, 0.05) is 31.0 Å². The van der Waals surface area contributed by atoms with Gasteiger partial charge in [0.05, 0.1) is 4.88 Å². The van der Waals surface area contributed by atoms with Gasteiger partial charge in [-0.3, -0.25) is 19.1 Å². The Morgan fingerprint density at radius 3 is 2.54 bits per heavy atom. The first-order valence-corrected chi connectivity index (χ1v) is 12.8. The molecule has 0 saturated heterocycles. The van der Waals surface area contributed by atoms with Crippen molar-refractivity contribution >= 4 is 48.0 Å². The Morgan fingerprint density at radius 2 is 1.86 bits per heavy atom. The second-order valence-corrected chi connectivity index (χ2v) is 9.45. The number of hydrogen-bond acceptors (Lipinski definition) is 9. The van der Waals surface area contributed by atoms with E-state index in [9.17, 15) is 23.3 Å². The quantitative estimate of drug-likeness (QED) is 0.177. The lowest BCUT2D eigenvalue weighted by Crippen LogP contribution is -2.43. The third-order valence-electron chi connectivity index (χ3n) is 5.17. The third-order valence-corrected chi connectivity index (χ3v) is 6.64. The van der Waals surface area contributed by atoms with Crippen LogP contribution in [0.4, 0.5) is 4.39 Å². The maximum atomic E-state index is 13.8. The fourth-order valence-electron chi connectivity index (χ4n) is 3.60. The van der Waals surface area contributed by atoms with E-state index in [4.69, 9.17) is 18.7 Å². The van der Waals surface area contributed by atoms with Crippen LogP contribution in [-0.4, -0.2) is 36.7 Å². The van der Waals surface area contributed by atoms with E-state index in [1.807, 2.05) is 24.3 Å². The van der Waals surface area contributed by atoms with Crippen molar-refractivity contribution in [2.24, 2.45) is 0 Å². The van der Waals surface area contributed by atoms with Crippen molar-refractivity contribution < 1.29 is 42.1 Å². The summed E-state index contributed by atoms with van der Waals surface area (Å²) < 4.78 is 46.4. The number of ether oxygens (including phenoxy) is 3. The van der Waals surface area contributed by atoms with Crippen LogP contribution in [0.1, 0.15) is 41.9 Å². The molecule has 0 aliphatic carbocycles. The number of carbonyl (C=O) groups excluding carboxylic acids is 3. The molecule has 0 spiro atoms. The minimum Gasteiger partial charge on any atom is -0.438 e. The Hall–Kier alpha value is -3.24. The van der Waals surface area contributed by atoms with Crippen molar-refractivity contribution in [2.75, 3.05) is 6.79 Å². The summed E-state index contributed by atoms with van der Waals surface area (Å²) in [5, 5.41) is 3.86. The predicted octanol–water partition coefficient (Wildman–Crippen LogP) is 5.14. The largest absolute Gasteiger partial charge is 0.438 e.